The fourth-order valence-corrected chi connectivity index (χ4v) is 2.24. The summed E-state index contributed by atoms with van der Waals surface area (Å²) in [5, 5.41) is 2.99. The summed E-state index contributed by atoms with van der Waals surface area (Å²) in [6, 6.07) is 5.86. The molecule has 0 aliphatic heterocycles. The van der Waals surface area contributed by atoms with Crippen molar-refractivity contribution >= 4 is 11.0 Å². The topological polar surface area (TPSA) is 38.1 Å². The number of fused-ring (bicyclic) bond motifs is 1. The maximum atomic E-state index is 12.5. The molecule has 0 saturated heterocycles. The molecule has 2 aromatic rings. The van der Waals surface area contributed by atoms with Gasteiger partial charge in [0.05, 0.1) is 0 Å². The molecule has 4 nitrogen and oxygen atoms in total. The van der Waals surface area contributed by atoms with Crippen LogP contribution in [0.25, 0.3) is 11.0 Å². The van der Waals surface area contributed by atoms with E-state index in [2.05, 4.69) is 11.9 Å². The van der Waals surface area contributed by atoms with Crippen LogP contribution in [0.15, 0.2) is 29.2 Å². The van der Waals surface area contributed by atoms with Crippen LogP contribution in [0.4, 0.5) is 0 Å². The molecule has 0 aliphatic rings. The summed E-state index contributed by atoms with van der Waals surface area (Å²) in [4.78, 5) is 16.9. The fourth-order valence-electron chi connectivity index (χ4n) is 2.24. The van der Waals surface area contributed by atoms with E-state index in [0.29, 0.717) is 0 Å². The Morgan fingerprint density at radius 2 is 2.16 bits per heavy atom. The van der Waals surface area contributed by atoms with Crippen LogP contribution in [-0.4, -0.2) is 23.3 Å². The molecule has 0 spiro atoms. The van der Waals surface area contributed by atoms with E-state index >= 15 is 0 Å². The van der Waals surface area contributed by atoms with Crippen LogP contribution in [0.5, 0.6) is 0 Å². The summed E-state index contributed by atoms with van der Waals surface area (Å²) in [6.45, 7) is 5.01. The Hall–Kier alpha value is -1.84. The van der Waals surface area contributed by atoms with E-state index in [-0.39, 0.29) is 5.56 Å². The van der Waals surface area contributed by atoms with Crippen molar-refractivity contribution in [3.8, 4) is 0 Å². The molecule has 0 aromatic carbocycles. The molecule has 0 N–H and O–H groups in total. The molecule has 0 radical (unpaired) electrons. The van der Waals surface area contributed by atoms with E-state index in [1.165, 1.54) is 0 Å². The van der Waals surface area contributed by atoms with Crippen molar-refractivity contribution in [1.29, 1.82) is 0 Å². The van der Waals surface area contributed by atoms with Crippen LogP contribution in [-0.2, 0) is 6.42 Å². The predicted molar refractivity (Wildman–Crippen MR) is 79.3 cm³/mol. The van der Waals surface area contributed by atoms with E-state index in [9.17, 15) is 4.79 Å². The Kier molecular flexibility index (Phi) is 4.20. The van der Waals surface area contributed by atoms with Crippen molar-refractivity contribution in [3.05, 3.63) is 40.3 Å². The molecular formula is C15H21N3O. The largest absolute Gasteiger partial charge is 0.311 e. The Morgan fingerprint density at radius 1 is 1.37 bits per heavy atom. The molecule has 0 bridgehead atoms. The van der Waals surface area contributed by atoms with Gasteiger partial charge in [-0.2, -0.15) is 0 Å². The standard InChI is InChI=1S/C15H21N3O/c1-4-6-10-17(3)18-14-13(8-7-9-16-14)11-12(5-2)15(18)19/h7-9,11H,4-6,10H2,1-3H3. The maximum absolute atomic E-state index is 12.5. The number of hydrogen-bond donors (Lipinski definition) is 0. The van der Waals surface area contributed by atoms with E-state index in [0.717, 1.165) is 42.4 Å². The van der Waals surface area contributed by atoms with Gasteiger partial charge in [0.25, 0.3) is 5.56 Å². The van der Waals surface area contributed by atoms with Crippen molar-refractivity contribution in [1.82, 2.24) is 9.66 Å². The van der Waals surface area contributed by atoms with Crippen LogP contribution < -0.4 is 10.6 Å². The van der Waals surface area contributed by atoms with Gasteiger partial charge >= 0.3 is 0 Å². The summed E-state index contributed by atoms with van der Waals surface area (Å²) < 4.78 is 1.71. The summed E-state index contributed by atoms with van der Waals surface area (Å²) in [7, 11) is 1.95. The van der Waals surface area contributed by atoms with E-state index in [4.69, 9.17) is 0 Å². The van der Waals surface area contributed by atoms with Crippen LogP contribution in [0, 0.1) is 0 Å². The van der Waals surface area contributed by atoms with Crippen LogP contribution in [0.2, 0.25) is 0 Å². The molecule has 2 rings (SSSR count). The van der Waals surface area contributed by atoms with Crippen molar-refractivity contribution in [2.45, 2.75) is 33.1 Å². The summed E-state index contributed by atoms with van der Waals surface area (Å²) >= 11 is 0. The zero-order valence-corrected chi connectivity index (χ0v) is 11.9. The van der Waals surface area contributed by atoms with Crippen LogP contribution in [0.3, 0.4) is 0 Å². The second kappa shape index (κ2) is 5.87. The van der Waals surface area contributed by atoms with E-state index in [1.54, 1.807) is 10.9 Å². The Morgan fingerprint density at radius 3 is 2.84 bits per heavy atom. The monoisotopic (exact) mass is 259 g/mol. The fraction of sp³-hybridized carbons (Fsp3) is 0.467. The molecule has 2 aromatic heterocycles. The third-order valence-electron chi connectivity index (χ3n) is 3.37. The van der Waals surface area contributed by atoms with Gasteiger partial charge in [-0.05, 0) is 31.0 Å². The Labute approximate surface area is 113 Å². The Balaban J connectivity index is 2.62. The van der Waals surface area contributed by atoms with Gasteiger partial charge in [0.1, 0.15) is 0 Å². The second-order valence-corrected chi connectivity index (χ2v) is 4.79. The minimum absolute atomic E-state index is 0.0484. The summed E-state index contributed by atoms with van der Waals surface area (Å²) in [5.41, 5.74) is 1.62. The minimum Gasteiger partial charge on any atom is -0.311 e. The highest BCUT2D eigenvalue weighted by atomic mass is 16.1. The number of pyridine rings is 2. The lowest BCUT2D eigenvalue weighted by molar-refractivity contribution is 0.608. The quantitative estimate of drug-likeness (QED) is 0.827. The van der Waals surface area contributed by atoms with Gasteiger partial charge in [-0.15, -0.1) is 0 Å². The molecular weight excluding hydrogens is 238 g/mol. The zero-order chi connectivity index (χ0) is 13.8. The highest BCUT2D eigenvalue weighted by molar-refractivity contribution is 5.75. The van der Waals surface area contributed by atoms with E-state index in [1.807, 2.05) is 37.2 Å². The van der Waals surface area contributed by atoms with Gasteiger partial charge in [0.2, 0.25) is 0 Å². The lowest BCUT2D eigenvalue weighted by Gasteiger charge is -2.23. The summed E-state index contributed by atoms with van der Waals surface area (Å²) in [5.74, 6) is 0. The normalized spacial score (nSPS) is 10.9. The van der Waals surface area contributed by atoms with Crippen molar-refractivity contribution in [2.75, 3.05) is 18.6 Å². The van der Waals surface area contributed by atoms with Gasteiger partial charge in [-0.1, -0.05) is 20.3 Å². The van der Waals surface area contributed by atoms with Crippen molar-refractivity contribution in [3.63, 3.8) is 0 Å². The summed E-state index contributed by atoms with van der Waals surface area (Å²) in [6.07, 6.45) is 4.65. The molecule has 19 heavy (non-hydrogen) atoms. The van der Waals surface area contributed by atoms with Crippen LogP contribution >= 0.6 is 0 Å². The number of aromatic nitrogens is 2. The average molecular weight is 259 g/mol. The molecule has 0 unspecified atom stereocenters. The molecule has 0 aliphatic carbocycles. The first-order valence-corrected chi connectivity index (χ1v) is 6.90. The van der Waals surface area contributed by atoms with Gasteiger partial charge in [-0.25, -0.2) is 9.66 Å². The van der Waals surface area contributed by atoms with Gasteiger partial charge in [0.15, 0.2) is 5.65 Å². The smallest absolute Gasteiger partial charge is 0.274 e. The van der Waals surface area contributed by atoms with Crippen molar-refractivity contribution < 1.29 is 0 Å². The highest BCUT2D eigenvalue weighted by Crippen LogP contribution is 2.11. The first kappa shape index (κ1) is 13.6. The second-order valence-electron chi connectivity index (χ2n) is 4.79. The highest BCUT2D eigenvalue weighted by Gasteiger charge is 2.11. The third kappa shape index (κ3) is 2.62. The zero-order valence-electron chi connectivity index (χ0n) is 11.9. The minimum atomic E-state index is 0.0484. The maximum Gasteiger partial charge on any atom is 0.274 e. The molecule has 4 heteroatoms. The van der Waals surface area contributed by atoms with Crippen LogP contribution in [0.1, 0.15) is 32.3 Å². The first-order valence-electron chi connectivity index (χ1n) is 6.90. The lowest BCUT2D eigenvalue weighted by Crippen LogP contribution is -2.41. The first-order chi connectivity index (χ1) is 9.19. The molecule has 0 saturated carbocycles. The van der Waals surface area contributed by atoms with Crippen molar-refractivity contribution in [2.24, 2.45) is 0 Å². The number of aryl methyl sites for hydroxylation is 1. The number of unbranched alkanes of at least 4 members (excludes halogenated alkanes) is 1. The van der Waals surface area contributed by atoms with E-state index < -0.39 is 0 Å². The third-order valence-corrected chi connectivity index (χ3v) is 3.37. The molecule has 0 fully saturated rings. The number of rotatable bonds is 5. The Bertz CT molecular complexity index is 618. The number of nitrogens with zero attached hydrogens (tertiary/aromatic N) is 3. The van der Waals surface area contributed by atoms with Gasteiger partial charge < -0.3 is 5.01 Å². The predicted octanol–water partition coefficient (Wildman–Crippen LogP) is 2.33. The molecule has 0 atom stereocenters. The average Bonchev–Trinajstić information content (AvgIpc) is 2.44. The van der Waals surface area contributed by atoms with Gasteiger partial charge in [-0.3, -0.25) is 4.79 Å². The molecule has 102 valence electrons. The number of hydrogen-bond acceptors (Lipinski definition) is 3. The van der Waals surface area contributed by atoms with Gasteiger partial charge in [0, 0.05) is 30.7 Å². The SMILES string of the molecule is CCCCN(C)n1c(=O)c(CC)cc2cccnc21. The molecule has 0 amide bonds. The molecule has 2 heterocycles. The lowest BCUT2D eigenvalue weighted by atomic mass is 10.1.